The van der Waals surface area contributed by atoms with Crippen LogP contribution in [-0.4, -0.2) is 21.8 Å². The maximum atomic E-state index is 11.7. The summed E-state index contributed by atoms with van der Waals surface area (Å²) in [6, 6.07) is 10.5. The summed E-state index contributed by atoms with van der Waals surface area (Å²) in [6.45, 7) is 5.43. The van der Waals surface area contributed by atoms with Crippen LogP contribution in [0.5, 0.6) is 5.75 Å². The van der Waals surface area contributed by atoms with Crippen molar-refractivity contribution in [1.29, 1.82) is 0 Å². The number of amides is 1. The van der Waals surface area contributed by atoms with Crippen LogP contribution in [0.4, 0.5) is 10.5 Å². The molecule has 0 bridgehead atoms. The van der Waals surface area contributed by atoms with Crippen LogP contribution in [0.15, 0.2) is 42.6 Å². The van der Waals surface area contributed by atoms with E-state index in [1.807, 2.05) is 32.9 Å². The fraction of sp³-hybridized carbons (Fsp3) is 0.250. The van der Waals surface area contributed by atoms with Crippen molar-refractivity contribution in [3.8, 4) is 17.0 Å². The Kier molecular flexibility index (Phi) is 4.12. The maximum absolute atomic E-state index is 11.7. The molecular formula is C16H18N2O3. The summed E-state index contributed by atoms with van der Waals surface area (Å²) in [4.78, 5) is 15.9. The van der Waals surface area contributed by atoms with E-state index in [4.69, 9.17) is 4.74 Å². The molecule has 0 saturated heterocycles. The summed E-state index contributed by atoms with van der Waals surface area (Å²) in [6.07, 6.45) is 0.877. The minimum atomic E-state index is -0.541. The minimum absolute atomic E-state index is 0.113. The van der Waals surface area contributed by atoms with E-state index in [2.05, 4.69) is 10.3 Å². The van der Waals surface area contributed by atoms with Crippen LogP contribution >= 0.6 is 0 Å². The van der Waals surface area contributed by atoms with Gasteiger partial charge in [0.05, 0.1) is 11.9 Å². The van der Waals surface area contributed by atoms with Crippen LogP contribution < -0.4 is 5.32 Å². The number of nitrogens with one attached hydrogen (secondary N) is 1. The summed E-state index contributed by atoms with van der Waals surface area (Å²) >= 11 is 0. The lowest BCUT2D eigenvalue weighted by Crippen LogP contribution is -2.27. The molecule has 2 aromatic rings. The lowest BCUT2D eigenvalue weighted by molar-refractivity contribution is 0.0636. The van der Waals surface area contributed by atoms with E-state index in [0.29, 0.717) is 11.4 Å². The number of carbonyl (C=O) groups excluding carboxylic acids is 1. The molecule has 1 aromatic carbocycles. The van der Waals surface area contributed by atoms with E-state index in [9.17, 15) is 9.90 Å². The third kappa shape index (κ3) is 4.49. The Morgan fingerprint density at radius 1 is 1.24 bits per heavy atom. The fourth-order valence-corrected chi connectivity index (χ4v) is 1.73. The van der Waals surface area contributed by atoms with Crippen LogP contribution in [-0.2, 0) is 4.74 Å². The quantitative estimate of drug-likeness (QED) is 0.880. The highest BCUT2D eigenvalue weighted by Gasteiger charge is 2.16. The normalized spacial score (nSPS) is 11.0. The molecule has 0 radical (unpaired) electrons. The third-order valence-electron chi connectivity index (χ3n) is 2.55. The molecule has 0 saturated carbocycles. The molecule has 0 aliphatic carbocycles. The molecule has 5 nitrogen and oxygen atoms in total. The zero-order chi connectivity index (χ0) is 15.5. The van der Waals surface area contributed by atoms with Gasteiger partial charge in [-0.2, -0.15) is 0 Å². The summed E-state index contributed by atoms with van der Waals surface area (Å²) < 4.78 is 5.20. The van der Waals surface area contributed by atoms with Crippen LogP contribution in [0.3, 0.4) is 0 Å². The number of aromatic nitrogens is 1. The molecule has 1 heterocycles. The third-order valence-corrected chi connectivity index (χ3v) is 2.55. The standard InChI is InChI=1S/C16H18N2O3/c1-16(2,3)21-15(20)18-12-6-4-5-11(9-12)14-8-7-13(19)10-17-14/h4-10,19H,1-3H3,(H,18,20). The second kappa shape index (κ2) is 5.83. The van der Waals surface area contributed by atoms with Crippen molar-refractivity contribution >= 4 is 11.8 Å². The van der Waals surface area contributed by atoms with Crippen molar-refractivity contribution in [3.63, 3.8) is 0 Å². The van der Waals surface area contributed by atoms with Gasteiger partial charge in [-0.15, -0.1) is 0 Å². The van der Waals surface area contributed by atoms with Crippen LogP contribution in [0.2, 0.25) is 0 Å². The van der Waals surface area contributed by atoms with Crippen molar-refractivity contribution in [2.45, 2.75) is 26.4 Å². The van der Waals surface area contributed by atoms with Gasteiger partial charge in [0.2, 0.25) is 0 Å². The molecule has 5 heteroatoms. The number of aromatic hydroxyl groups is 1. The molecule has 1 amide bonds. The number of ether oxygens (including phenoxy) is 1. The van der Waals surface area contributed by atoms with Crippen molar-refractivity contribution in [3.05, 3.63) is 42.6 Å². The first-order valence-electron chi connectivity index (χ1n) is 6.59. The minimum Gasteiger partial charge on any atom is -0.506 e. The molecule has 0 aliphatic rings. The second-order valence-corrected chi connectivity index (χ2v) is 5.61. The van der Waals surface area contributed by atoms with E-state index >= 15 is 0 Å². The Hall–Kier alpha value is -2.56. The van der Waals surface area contributed by atoms with Crippen LogP contribution in [0, 0.1) is 0 Å². The van der Waals surface area contributed by atoms with Gasteiger partial charge in [-0.25, -0.2) is 4.79 Å². The molecule has 0 unspecified atom stereocenters. The van der Waals surface area contributed by atoms with Gasteiger partial charge in [0, 0.05) is 11.3 Å². The molecule has 0 aliphatic heterocycles. The van der Waals surface area contributed by atoms with Gasteiger partial charge in [-0.1, -0.05) is 12.1 Å². The van der Waals surface area contributed by atoms with E-state index in [-0.39, 0.29) is 5.75 Å². The number of rotatable bonds is 2. The lowest BCUT2D eigenvalue weighted by atomic mass is 10.1. The summed E-state index contributed by atoms with van der Waals surface area (Å²) in [5.74, 6) is 0.113. The molecular weight excluding hydrogens is 268 g/mol. The van der Waals surface area contributed by atoms with E-state index < -0.39 is 11.7 Å². The summed E-state index contributed by atoms with van der Waals surface area (Å²) in [5, 5.41) is 11.9. The largest absolute Gasteiger partial charge is 0.506 e. The molecule has 0 fully saturated rings. The first-order valence-corrected chi connectivity index (χ1v) is 6.59. The van der Waals surface area contributed by atoms with E-state index in [1.165, 1.54) is 6.20 Å². The number of hydrogen-bond acceptors (Lipinski definition) is 4. The summed E-state index contributed by atoms with van der Waals surface area (Å²) in [7, 11) is 0. The van der Waals surface area contributed by atoms with Crippen molar-refractivity contribution in [2.75, 3.05) is 5.32 Å². The number of benzene rings is 1. The smallest absolute Gasteiger partial charge is 0.412 e. The molecule has 1 aromatic heterocycles. The highest BCUT2D eigenvalue weighted by Crippen LogP contribution is 2.22. The second-order valence-electron chi connectivity index (χ2n) is 5.61. The Bertz CT molecular complexity index is 631. The highest BCUT2D eigenvalue weighted by molar-refractivity contribution is 5.86. The monoisotopic (exact) mass is 286 g/mol. The van der Waals surface area contributed by atoms with Gasteiger partial charge < -0.3 is 9.84 Å². The average Bonchev–Trinajstić information content (AvgIpc) is 2.37. The lowest BCUT2D eigenvalue weighted by Gasteiger charge is -2.19. The SMILES string of the molecule is CC(C)(C)OC(=O)Nc1cccc(-c2ccc(O)cn2)c1. The number of anilines is 1. The van der Waals surface area contributed by atoms with Gasteiger partial charge in [0.25, 0.3) is 0 Å². The predicted octanol–water partition coefficient (Wildman–Crippen LogP) is 3.80. The fourth-order valence-electron chi connectivity index (χ4n) is 1.73. The van der Waals surface area contributed by atoms with Gasteiger partial charge in [-0.3, -0.25) is 10.3 Å². The highest BCUT2D eigenvalue weighted by atomic mass is 16.6. The van der Waals surface area contributed by atoms with Crippen LogP contribution in [0.1, 0.15) is 20.8 Å². The van der Waals surface area contributed by atoms with Gasteiger partial charge in [-0.05, 0) is 45.0 Å². The zero-order valence-corrected chi connectivity index (χ0v) is 12.3. The first kappa shape index (κ1) is 14.8. The number of nitrogens with zero attached hydrogens (tertiary/aromatic N) is 1. The van der Waals surface area contributed by atoms with Crippen molar-refractivity contribution < 1.29 is 14.6 Å². The molecule has 21 heavy (non-hydrogen) atoms. The topological polar surface area (TPSA) is 71.5 Å². The van der Waals surface area contributed by atoms with Crippen molar-refractivity contribution in [1.82, 2.24) is 4.98 Å². The van der Waals surface area contributed by atoms with Gasteiger partial charge in [0.1, 0.15) is 11.4 Å². The number of carbonyl (C=O) groups is 1. The molecule has 2 rings (SSSR count). The zero-order valence-electron chi connectivity index (χ0n) is 12.3. The Morgan fingerprint density at radius 3 is 2.62 bits per heavy atom. The Balaban J connectivity index is 2.14. The number of hydrogen-bond donors (Lipinski definition) is 2. The van der Waals surface area contributed by atoms with Crippen molar-refractivity contribution in [2.24, 2.45) is 0 Å². The summed E-state index contributed by atoms with van der Waals surface area (Å²) in [5.41, 5.74) is 1.63. The Labute approximate surface area is 123 Å². The first-order chi connectivity index (χ1) is 9.83. The molecule has 2 N–H and O–H groups in total. The molecule has 110 valence electrons. The average molecular weight is 286 g/mol. The predicted molar refractivity (Wildman–Crippen MR) is 81.2 cm³/mol. The van der Waals surface area contributed by atoms with E-state index in [0.717, 1.165) is 5.56 Å². The maximum Gasteiger partial charge on any atom is 0.412 e. The van der Waals surface area contributed by atoms with Gasteiger partial charge in [0.15, 0.2) is 0 Å². The molecule has 0 atom stereocenters. The molecule has 0 spiro atoms. The van der Waals surface area contributed by atoms with Gasteiger partial charge >= 0.3 is 6.09 Å². The van der Waals surface area contributed by atoms with E-state index in [1.54, 1.807) is 24.3 Å². The Morgan fingerprint density at radius 2 is 2.00 bits per heavy atom. The number of pyridine rings is 1. The van der Waals surface area contributed by atoms with Crippen LogP contribution in [0.25, 0.3) is 11.3 Å².